The second-order valence-corrected chi connectivity index (χ2v) is 2.83. The quantitative estimate of drug-likeness (QED) is 0.524. The molecule has 0 aromatic carbocycles. The number of hydrogen-bond acceptors (Lipinski definition) is 3. The van der Waals surface area contributed by atoms with Gasteiger partial charge in [0.05, 0.1) is 0 Å². The molecule has 60 valence electrons. The third-order valence-electron chi connectivity index (χ3n) is 1.29. The van der Waals surface area contributed by atoms with Crippen LogP contribution in [0.25, 0.3) is 0 Å². The first-order valence-electron chi connectivity index (χ1n) is 3.17. The van der Waals surface area contributed by atoms with Crippen LogP contribution in [0.1, 0.15) is 13.3 Å². The summed E-state index contributed by atoms with van der Waals surface area (Å²) in [4.78, 5) is 10.2. The van der Waals surface area contributed by atoms with Gasteiger partial charge in [0, 0.05) is 0 Å². The summed E-state index contributed by atoms with van der Waals surface area (Å²) in [5.41, 5.74) is 5.26. The Morgan fingerprint density at radius 2 is 2.30 bits per heavy atom. The molecule has 0 aromatic heterocycles. The molecule has 0 saturated carbocycles. The topological polar surface area (TPSA) is 63.3 Å². The van der Waals surface area contributed by atoms with Crippen molar-refractivity contribution in [2.75, 3.05) is 5.75 Å². The second-order valence-electron chi connectivity index (χ2n) is 2.47. The van der Waals surface area contributed by atoms with Crippen molar-refractivity contribution in [3.8, 4) is 0 Å². The molecule has 0 aliphatic heterocycles. The van der Waals surface area contributed by atoms with Gasteiger partial charge < -0.3 is 10.8 Å². The maximum absolute atomic E-state index is 10.2. The maximum atomic E-state index is 10.2. The monoisotopic (exact) mass is 163 g/mol. The third kappa shape index (κ3) is 3.74. The Balaban J connectivity index is 3.56. The first-order valence-corrected chi connectivity index (χ1v) is 3.80. The van der Waals surface area contributed by atoms with E-state index in [2.05, 4.69) is 12.6 Å². The molecule has 0 aliphatic rings. The van der Waals surface area contributed by atoms with Crippen LogP contribution < -0.4 is 5.73 Å². The van der Waals surface area contributed by atoms with E-state index in [-0.39, 0.29) is 5.92 Å². The molecule has 2 atom stereocenters. The molecule has 3 nitrogen and oxygen atoms in total. The van der Waals surface area contributed by atoms with E-state index in [4.69, 9.17) is 10.8 Å². The molecule has 0 aliphatic carbocycles. The van der Waals surface area contributed by atoms with Gasteiger partial charge in [-0.25, -0.2) is 0 Å². The average Bonchev–Trinajstić information content (AvgIpc) is 1.87. The van der Waals surface area contributed by atoms with Crippen molar-refractivity contribution in [2.45, 2.75) is 19.4 Å². The van der Waals surface area contributed by atoms with E-state index in [9.17, 15) is 4.79 Å². The average molecular weight is 163 g/mol. The minimum absolute atomic E-state index is 0.273. The van der Waals surface area contributed by atoms with Gasteiger partial charge in [0.15, 0.2) is 0 Å². The summed E-state index contributed by atoms with van der Waals surface area (Å²) in [5.74, 6) is 0.0177. The highest BCUT2D eigenvalue weighted by molar-refractivity contribution is 7.80. The van der Waals surface area contributed by atoms with Gasteiger partial charge in [-0.15, -0.1) is 0 Å². The van der Waals surface area contributed by atoms with Crippen LogP contribution in [-0.2, 0) is 4.79 Å². The Labute approximate surface area is 66.0 Å². The van der Waals surface area contributed by atoms with Gasteiger partial charge in [0.25, 0.3) is 0 Å². The first-order chi connectivity index (χ1) is 4.57. The van der Waals surface area contributed by atoms with Crippen LogP contribution in [0.4, 0.5) is 0 Å². The van der Waals surface area contributed by atoms with Gasteiger partial charge >= 0.3 is 5.97 Å². The zero-order chi connectivity index (χ0) is 8.15. The summed E-state index contributed by atoms with van der Waals surface area (Å²) in [6.45, 7) is 1.93. The molecule has 0 heterocycles. The van der Waals surface area contributed by atoms with Crippen LogP contribution in [0.3, 0.4) is 0 Å². The van der Waals surface area contributed by atoms with Crippen LogP contribution in [0.2, 0.25) is 0 Å². The molecule has 0 rings (SSSR count). The normalized spacial score (nSPS) is 16.3. The Morgan fingerprint density at radius 1 is 1.80 bits per heavy atom. The molecule has 0 saturated heterocycles. The molecule has 10 heavy (non-hydrogen) atoms. The molecule has 3 N–H and O–H groups in total. The lowest BCUT2D eigenvalue weighted by atomic mass is 10.0. The molecule has 0 spiro atoms. The lowest BCUT2D eigenvalue weighted by Gasteiger charge is -2.10. The van der Waals surface area contributed by atoms with Gasteiger partial charge in [-0.05, 0) is 18.1 Å². The smallest absolute Gasteiger partial charge is 0.320 e. The Bertz CT molecular complexity index is 118. The summed E-state index contributed by atoms with van der Waals surface area (Å²) in [6.07, 6.45) is 0.499. The molecule has 0 amide bonds. The molecule has 1 unspecified atom stereocenters. The van der Waals surface area contributed by atoms with E-state index in [0.29, 0.717) is 12.2 Å². The molecule has 0 fully saturated rings. The van der Waals surface area contributed by atoms with Crippen LogP contribution in [0, 0.1) is 5.92 Å². The number of carboxylic acids is 1. The number of hydrogen-bond donors (Lipinski definition) is 3. The van der Waals surface area contributed by atoms with Crippen LogP contribution in [0.5, 0.6) is 0 Å². The molecule has 0 aromatic rings. The molecule has 0 radical (unpaired) electrons. The van der Waals surface area contributed by atoms with E-state index >= 15 is 0 Å². The highest BCUT2D eigenvalue weighted by Gasteiger charge is 2.13. The number of thiol groups is 1. The molecular weight excluding hydrogens is 150 g/mol. The Hall–Kier alpha value is -0.220. The summed E-state index contributed by atoms with van der Waals surface area (Å²) in [5, 5.41) is 8.38. The second kappa shape index (κ2) is 4.57. The number of nitrogens with two attached hydrogens (primary N) is 1. The van der Waals surface area contributed by atoms with Gasteiger partial charge in [0.2, 0.25) is 0 Å². The summed E-state index contributed by atoms with van der Waals surface area (Å²) < 4.78 is 0. The van der Waals surface area contributed by atoms with Crippen molar-refractivity contribution in [3.05, 3.63) is 0 Å². The minimum atomic E-state index is -0.936. The number of carbonyl (C=O) groups is 1. The van der Waals surface area contributed by atoms with Crippen LogP contribution in [0.15, 0.2) is 0 Å². The number of carboxylic acid groups (broad SMARTS) is 1. The van der Waals surface area contributed by atoms with Gasteiger partial charge in [0.1, 0.15) is 6.04 Å². The SMILES string of the molecule is CC(CS)C[C@H](N)C(=O)O. The van der Waals surface area contributed by atoms with Crippen molar-refractivity contribution in [3.63, 3.8) is 0 Å². The van der Waals surface area contributed by atoms with E-state index in [1.807, 2.05) is 6.92 Å². The van der Waals surface area contributed by atoms with Crippen molar-refractivity contribution in [1.82, 2.24) is 0 Å². The van der Waals surface area contributed by atoms with Crippen LogP contribution in [-0.4, -0.2) is 22.9 Å². The fourth-order valence-electron chi connectivity index (χ4n) is 0.609. The van der Waals surface area contributed by atoms with Crippen molar-refractivity contribution < 1.29 is 9.90 Å². The lowest BCUT2D eigenvalue weighted by Crippen LogP contribution is -2.32. The Kier molecular flexibility index (Phi) is 4.47. The highest BCUT2D eigenvalue weighted by Crippen LogP contribution is 2.05. The number of aliphatic carboxylic acids is 1. The summed E-state index contributed by atoms with van der Waals surface area (Å²) in [7, 11) is 0. The largest absolute Gasteiger partial charge is 0.480 e. The van der Waals surface area contributed by atoms with Crippen molar-refractivity contribution in [1.29, 1.82) is 0 Å². The zero-order valence-electron chi connectivity index (χ0n) is 5.95. The molecular formula is C6H13NO2S. The Morgan fingerprint density at radius 3 is 2.60 bits per heavy atom. The van der Waals surface area contributed by atoms with Gasteiger partial charge in [-0.3, -0.25) is 4.79 Å². The highest BCUT2D eigenvalue weighted by atomic mass is 32.1. The maximum Gasteiger partial charge on any atom is 0.320 e. The van der Waals surface area contributed by atoms with Crippen molar-refractivity contribution >= 4 is 18.6 Å². The van der Waals surface area contributed by atoms with E-state index in [0.717, 1.165) is 0 Å². The van der Waals surface area contributed by atoms with Crippen molar-refractivity contribution in [2.24, 2.45) is 11.7 Å². The van der Waals surface area contributed by atoms with Gasteiger partial charge in [-0.2, -0.15) is 12.6 Å². The third-order valence-corrected chi connectivity index (χ3v) is 1.91. The van der Waals surface area contributed by atoms with E-state index < -0.39 is 12.0 Å². The number of rotatable bonds is 4. The van der Waals surface area contributed by atoms with E-state index in [1.54, 1.807) is 0 Å². The predicted molar refractivity (Wildman–Crippen MR) is 43.2 cm³/mol. The minimum Gasteiger partial charge on any atom is -0.480 e. The van der Waals surface area contributed by atoms with Crippen LogP contribution >= 0.6 is 12.6 Å². The fourth-order valence-corrected chi connectivity index (χ4v) is 0.758. The molecule has 0 bridgehead atoms. The lowest BCUT2D eigenvalue weighted by molar-refractivity contribution is -0.138. The first kappa shape index (κ1) is 9.78. The standard InChI is InChI=1S/C6H13NO2S/c1-4(3-10)2-5(7)6(8)9/h4-5,10H,2-3,7H2,1H3,(H,8,9)/t4?,5-/m0/s1. The molecule has 4 heteroatoms. The fraction of sp³-hybridized carbons (Fsp3) is 0.833. The zero-order valence-corrected chi connectivity index (χ0v) is 6.84. The van der Waals surface area contributed by atoms with E-state index in [1.165, 1.54) is 0 Å². The van der Waals surface area contributed by atoms with Gasteiger partial charge in [-0.1, -0.05) is 6.92 Å². The predicted octanol–water partition coefficient (Wildman–Crippen LogP) is 0.354. The summed E-state index contributed by atoms with van der Waals surface area (Å²) in [6, 6.07) is -0.734. The summed E-state index contributed by atoms with van der Waals surface area (Å²) >= 11 is 4.01.